The first-order chi connectivity index (χ1) is 10.7. The molecule has 0 aromatic carbocycles. The maximum absolute atomic E-state index is 5.97. The normalized spacial score (nSPS) is 31.5. The molecule has 0 aromatic heterocycles. The fraction of sp³-hybridized carbons (Fsp3) is 1.00. The van der Waals surface area contributed by atoms with Crippen molar-refractivity contribution >= 4 is 18.1 Å². The van der Waals surface area contributed by atoms with Crippen LogP contribution in [-0.2, 0) is 22.8 Å². The Labute approximate surface area is 138 Å². The zero-order valence-corrected chi connectivity index (χ0v) is 15.8. The average Bonchev–Trinajstić information content (AvgIpc) is 2.52. The van der Waals surface area contributed by atoms with E-state index in [2.05, 4.69) is 13.8 Å². The lowest BCUT2D eigenvalue weighted by atomic mass is 9.90. The molecule has 2 heterocycles. The third-order valence-electron chi connectivity index (χ3n) is 4.11. The summed E-state index contributed by atoms with van der Waals surface area (Å²) in [6.07, 6.45) is 7.38. The van der Waals surface area contributed by atoms with Gasteiger partial charge in [-0.3, -0.25) is 0 Å². The van der Waals surface area contributed by atoms with E-state index >= 15 is 0 Å². The molecule has 0 N–H and O–H groups in total. The van der Waals surface area contributed by atoms with Gasteiger partial charge in [-0.25, -0.2) is 0 Å². The van der Waals surface area contributed by atoms with Gasteiger partial charge in [-0.05, 0) is 12.3 Å². The van der Waals surface area contributed by atoms with Gasteiger partial charge < -0.3 is 22.8 Å². The minimum Gasteiger partial charge on any atom is -0.351 e. The average molecular weight is 352 g/mol. The molecule has 0 radical (unpaired) electrons. The Morgan fingerprint density at radius 1 is 0.955 bits per heavy atom. The monoisotopic (exact) mass is 352 g/mol. The maximum atomic E-state index is 5.97. The molecule has 0 bridgehead atoms. The van der Waals surface area contributed by atoms with E-state index in [1.807, 2.05) is 0 Å². The van der Waals surface area contributed by atoms with Crippen LogP contribution in [0.25, 0.3) is 0 Å². The summed E-state index contributed by atoms with van der Waals surface area (Å²) in [5, 5.41) is 0. The predicted molar refractivity (Wildman–Crippen MR) is 90.3 cm³/mol. The van der Waals surface area contributed by atoms with Gasteiger partial charge in [0.25, 0.3) is 0 Å². The standard InChI is InChI=1S/C15H30O5P2/c1-13(2)8-6-4-3-5-7-9-16-14-15(12-19-22-20-14)10-17-21-18-11-15/h13-14,21-22H,3-12H2,1-2H3. The van der Waals surface area contributed by atoms with Crippen LogP contribution in [0.5, 0.6) is 0 Å². The van der Waals surface area contributed by atoms with Gasteiger partial charge in [0, 0.05) is 6.61 Å². The quantitative estimate of drug-likeness (QED) is 0.454. The van der Waals surface area contributed by atoms with Crippen molar-refractivity contribution in [3.05, 3.63) is 0 Å². The van der Waals surface area contributed by atoms with E-state index in [0.717, 1.165) is 18.9 Å². The summed E-state index contributed by atoms with van der Waals surface area (Å²) in [4.78, 5) is 0. The van der Waals surface area contributed by atoms with E-state index in [9.17, 15) is 0 Å². The Hall–Kier alpha value is 0.660. The molecule has 2 aliphatic rings. The van der Waals surface area contributed by atoms with Crippen molar-refractivity contribution in [1.82, 2.24) is 0 Å². The highest BCUT2D eigenvalue weighted by atomic mass is 31.1. The van der Waals surface area contributed by atoms with E-state index < -0.39 is 0 Å². The highest BCUT2D eigenvalue weighted by Crippen LogP contribution is 2.43. The molecule has 0 aromatic rings. The summed E-state index contributed by atoms with van der Waals surface area (Å²) in [6.45, 7) is 7.10. The Morgan fingerprint density at radius 2 is 1.59 bits per heavy atom. The summed E-state index contributed by atoms with van der Waals surface area (Å²) >= 11 is 0. The van der Waals surface area contributed by atoms with Gasteiger partial charge in [0.2, 0.25) is 0 Å². The van der Waals surface area contributed by atoms with Crippen molar-refractivity contribution in [2.45, 2.75) is 58.7 Å². The molecule has 130 valence electrons. The van der Waals surface area contributed by atoms with Gasteiger partial charge in [-0.15, -0.1) is 0 Å². The summed E-state index contributed by atoms with van der Waals surface area (Å²) in [5.41, 5.74) is -0.284. The zero-order chi connectivity index (χ0) is 15.7. The molecule has 1 spiro atoms. The van der Waals surface area contributed by atoms with E-state index in [-0.39, 0.29) is 29.8 Å². The molecule has 0 saturated carbocycles. The number of rotatable bonds is 9. The highest BCUT2D eigenvalue weighted by Gasteiger charge is 2.46. The maximum Gasteiger partial charge on any atom is 0.176 e. The van der Waals surface area contributed by atoms with Crippen LogP contribution in [0, 0.1) is 11.3 Å². The van der Waals surface area contributed by atoms with Crippen molar-refractivity contribution in [2.24, 2.45) is 11.3 Å². The first kappa shape index (κ1) is 19.0. The third kappa shape index (κ3) is 6.28. The van der Waals surface area contributed by atoms with Crippen LogP contribution in [0.1, 0.15) is 52.4 Å². The molecule has 2 rings (SSSR count). The molecule has 2 aliphatic heterocycles. The van der Waals surface area contributed by atoms with Crippen LogP contribution in [-0.4, -0.2) is 32.7 Å². The van der Waals surface area contributed by atoms with Crippen molar-refractivity contribution in [1.29, 1.82) is 0 Å². The van der Waals surface area contributed by atoms with E-state index in [4.69, 9.17) is 22.8 Å². The largest absolute Gasteiger partial charge is 0.351 e. The number of hydrogen-bond donors (Lipinski definition) is 0. The lowest BCUT2D eigenvalue weighted by Crippen LogP contribution is -2.51. The second-order valence-corrected chi connectivity index (χ2v) is 8.10. The van der Waals surface area contributed by atoms with E-state index in [1.54, 1.807) is 0 Å². The molecule has 7 heteroatoms. The third-order valence-corrected chi connectivity index (χ3v) is 5.20. The minimum atomic E-state index is -0.284. The summed E-state index contributed by atoms with van der Waals surface area (Å²) in [5.74, 6) is 0.826. The van der Waals surface area contributed by atoms with E-state index in [0.29, 0.717) is 19.8 Å². The Morgan fingerprint density at radius 3 is 2.32 bits per heavy atom. The van der Waals surface area contributed by atoms with Crippen molar-refractivity contribution in [3.63, 3.8) is 0 Å². The predicted octanol–water partition coefficient (Wildman–Crippen LogP) is 4.42. The topological polar surface area (TPSA) is 46.2 Å². The molecule has 5 nitrogen and oxygen atoms in total. The van der Waals surface area contributed by atoms with Crippen molar-refractivity contribution in [2.75, 3.05) is 26.4 Å². The lowest BCUT2D eigenvalue weighted by molar-refractivity contribution is -0.211. The van der Waals surface area contributed by atoms with Gasteiger partial charge in [-0.1, -0.05) is 46.0 Å². The van der Waals surface area contributed by atoms with Gasteiger partial charge in [0.05, 0.1) is 25.2 Å². The second kappa shape index (κ2) is 10.5. The zero-order valence-electron chi connectivity index (χ0n) is 13.8. The molecule has 2 fully saturated rings. The van der Waals surface area contributed by atoms with Crippen LogP contribution >= 0.6 is 18.1 Å². The number of unbranched alkanes of at least 4 members (excludes halogenated alkanes) is 4. The van der Waals surface area contributed by atoms with Crippen LogP contribution in [0.4, 0.5) is 0 Å². The highest BCUT2D eigenvalue weighted by molar-refractivity contribution is 7.26. The van der Waals surface area contributed by atoms with Gasteiger partial charge in [0.1, 0.15) is 0 Å². The van der Waals surface area contributed by atoms with E-state index in [1.165, 1.54) is 32.1 Å². The Balaban J connectivity index is 1.57. The molecule has 0 amide bonds. The van der Waals surface area contributed by atoms with Crippen molar-refractivity contribution in [3.8, 4) is 0 Å². The van der Waals surface area contributed by atoms with Crippen LogP contribution < -0.4 is 0 Å². The fourth-order valence-corrected chi connectivity index (χ4v) is 4.28. The summed E-state index contributed by atoms with van der Waals surface area (Å²) < 4.78 is 28.0. The Kier molecular flexibility index (Phi) is 9.07. The SMILES string of the molecule is CC(C)CCCCCCCOC1OPOCC12COPOC2. The molecular weight excluding hydrogens is 322 g/mol. The minimum absolute atomic E-state index is 0.0559. The molecular formula is C15H30O5P2. The summed E-state index contributed by atoms with van der Waals surface area (Å²) in [7, 11) is 0.181. The number of ether oxygens (including phenoxy) is 1. The molecule has 2 saturated heterocycles. The fourth-order valence-electron chi connectivity index (χ4n) is 2.68. The molecule has 2 atom stereocenters. The van der Waals surface area contributed by atoms with Gasteiger partial charge >= 0.3 is 0 Å². The molecule has 0 aliphatic carbocycles. The van der Waals surface area contributed by atoms with Crippen LogP contribution in [0.3, 0.4) is 0 Å². The van der Waals surface area contributed by atoms with Crippen LogP contribution in [0.2, 0.25) is 0 Å². The molecule has 22 heavy (non-hydrogen) atoms. The second-order valence-electron chi connectivity index (χ2n) is 6.67. The first-order valence-electron chi connectivity index (χ1n) is 8.35. The number of hydrogen-bond acceptors (Lipinski definition) is 5. The Bertz CT molecular complexity index is 289. The van der Waals surface area contributed by atoms with Crippen molar-refractivity contribution < 1.29 is 22.8 Å². The smallest absolute Gasteiger partial charge is 0.176 e. The van der Waals surface area contributed by atoms with Gasteiger partial charge in [0.15, 0.2) is 24.4 Å². The first-order valence-corrected chi connectivity index (χ1v) is 9.99. The van der Waals surface area contributed by atoms with Gasteiger partial charge in [-0.2, -0.15) is 0 Å². The van der Waals surface area contributed by atoms with Crippen LogP contribution in [0.15, 0.2) is 0 Å². The lowest BCUT2D eigenvalue weighted by Gasteiger charge is -2.43. The molecule has 2 unspecified atom stereocenters. The summed E-state index contributed by atoms with van der Waals surface area (Å²) in [6, 6.07) is 0.